The number of para-hydroxylation sites is 1. The largest absolute Gasteiger partial charge is 0.482 e. The summed E-state index contributed by atoms with van der Waals surface area (Å²) in [5.74, 6) is -1.04. The normalized spacial score (nSPS) is 11.1. The van der Waals surface area contributed by atoms with E-state index in [2.05, 4.69) is 4.18 Å². The lowest BCUT2D eigenvalue weighted by Gasteiger charge is -2.08. The summed E-state index contributed by atoms with van der Waals surface area (Å²) < 4.78 is 34.1. The van der Waals surface area contributed by atoms with Crippen LogP contribution in [0.2, 0.25) is 0 Å². The Hall–Kier alpha value is -3.39. The topological polar surface area (TPSA) is 120 Å². The van der Waals surface area contributed by atoms with Crippen molar-refractivity contribution in [3.05, 3.63) is 77.9 Å². The van der Waals surface area contributed by atoms with Crippen LogP contribution in [0.25, 0.3) is 10.8 Å². The molecule has 7 nitrogen and oxygen atoms in total. The van der Waals surface area contributed by atoms with Crippen molar-refractivity contribution in [3.8, 4) is 5.75 Å². The Kier molecular flexibility index (Phi) is 5.60. The van der Waals surface area contributed by atoms with Crippen LogP contribution < -0.4 is 10.5 Å². The highest BCUT2D eigenvalue weighted by Crippen LogP contribution is 2.20. The predicted octanol–water partition coefficient (Wildman–Crippen LogP) is 2.58. The van der Waals surface area contributed by atoms with E-state index < -0.39 is 28.4 Å². The molecule has 0 aliphatic heterocycles. The standard InChI is InChI=1S/C20H18N2O5S/c21-20(22)17-9-8-15-10-14(6-7-16(15)11-17)13-28(24,25)27-19(23)12-26-18-4-2-1-3-5-18/h1-11H,12-13H2,(H3,21,22). The van der Waals surface area contributed by atoms with Gasteiger partial charge in [0.1, 0.15) is 17.3 Å². The van der Waals surface area contributed by atoms with E-state index in [-0.39, 0.29) is 5.84 Å². The Bertz CT molecular complexity index is 1130. The van der Waals surface area contributed by atoms with E-state index in [1.807, 2.05) is 0 Å². The van der Waals surface area contributed by atoms with Crippen LogP contribution in [0.5, 0.6) is 5.75 Å². The molecular formula is C20H18N2O5S. The molecule has 0 saturated heterocycles. The first-order chi connectivity index (χ1) is 13.3. The highest BCUT2D eigenvalue weighted by molar-refractivity contribution is 7.86. The zero-order valence-corrected chi connectivity index (χ0v) is 15.6. The van der Waals surface area contributed by atoms with Crippen molar-refractivity contribution in [2.45, 2.75) is 5.75 Å². The molecule has 0 amide bonds. The van der Waals surface area contributed by atoms with Gasteiger partial charge < -0.3 is 14.7 Å². The lowest BCUT2D eigenvalue weighted by molar-refractivity contribution is -0.136. The third-order valence-electron chi connectivity index (χ3n) is 3.88. The fraction of sp³-hybridized carbons (Fsp3) is 0.100. The second-order valence-electron chi connectivity index (χ2n) is 6.07. The van der Waals surface area contributed by atoms with Gasteiger partial charge in [0, 0.05) is 5.56 Å². The van der Waals surface area contributed by atoms with Crippen molar-refractivity contribution >= 4 is 32.7 Å². The van der Waals surface area contributed by atoms with Crippen LogP contribution in [0.3, 0.4) is 0 Å². The smallest absolute Gasteiger partial charge is 0.359 e. The summed E-state index contributed by atoms with van der Waals surface area (Å²) in [6.45, 7) is -0.505. The third kappa shape index (κ3) is 5.08. The highest BCUT2D eigenvalue weighted by Gasteiger charge is 2.19. The van der Waals surface area contributed by atoms with E-state index in [0.717, 1.165) is 10.8 Å². The fourth-order valence-corrected chi connectivity index (χ4v) is 3.59. The minimum Gasteiger partial charge on any atom is -0.482 e. The van der Waals surface area contributed by atoms with Crippen molar-refractivity contribution in [1.29, 1.82) is 5.41 Å². The Balaban J connectivity index is 1.65. The summed E-state index contributed by atoms with van der Waals surface area (Å²) in [7, 11) is -4.11. The van der Waals surface area contributed by atoms with Gasteiger partial charge in [0.2, 0.25) is 0 Å². The van der Waals surface area contributed by atoms with Crippen molar-refractivity contribution in [2.75, 3.05) is 6.61 Å². The first-order valence-electron chi connectivity index (χ1n) is 8.32. The number of rotatable bonds is 7. The van der Waals surface area contributed by atoms with Crippen LogP contribution in [0.15, 0.2) is 66.7 Å². The lowest BCUT2D eigenvalue weighted by atomic mass is 10.0. The van der Waals surface area contributed by atoms with Gasteiger partial charge in [-0.15, -0.1) is 0 Å². The number of amidine groups is 1. The average Bonchev–Trinajstić information content (AvgIpc) is 2.66. The van der Waals surface area contributed by atoms with Crippen LogP contribution in [-0.4, -0.2) is 26.8 Å². The minimum absolute atomic E-state index is 0.0433. The SMILES string of the molecule is N=C(N)c1ccc2cc(CS(=O)(=O)OC(=O)COc3ccccc3)ccc2c1. The molecule has 0 unspecified atom stereocenters. The highest BCUT2D eigenvalue weighted by atomic mass is 32.2. The molecule has 3 N–H and O–H groups in total. The lowest BCUT2D eigenvalue weighted by Crippen LogP contribution is -2.20. The molecule has 3 aromatic carbocycles. The Morgan fingerprint density at radius 1 is 0.964 bits per heavy atom. The Morgan fingerprint density at radius 3 is 2.36 bits per heavy atom. The molecule has 8 heteroatoms. The molecule has 0 aliphatic carbocycles. The predicted molar refractivity (Wildman–Crippen MR) is 106 cm³/mol. The van der Waals surface area contributed by atoms with Crippen LogP contribution in [0, 0.1) is 5.41 Å². The van der Waals surface area contributed by atoms with E-state index >= 15 is 0 Å². The van der Waals surface area contributed by atoms with Crippen LogP contribution in [0.4, 0.5) is 0 Å². The van der Waals surface area contributed by atoms with E-state index in [1.165, 1.54) is 0 Å². The summed E-state index contributed by atoms with van der Waals surface area (Å²) in [5.41, 5.74) is 6.53. The number of nitrogens with one attached hydrogen (secondary N) is 1. The van der Waals surface area contributed by atoms with Gasteiger partial charge in [-0.25, -0.2) is 4.79 Å². The maximum absolute atomic E-state index is 12.2. The van der Waals surface area contributed by atoms with Crippen molar-refractivity contribution < 1.29 is 22.1 Å². The van der Waals surface area contributed by atoms with Crippen molar-refractivity contribution in [2.24, 2.45) is 5.73 Å². The summed E-state index contributed by atoms with van der Waals surface area (Å²) in [5, 5.41) is 9.07. The Labute approximate surface area is 162 Å². The number of carbonyl (C=O) groups is 1. The molecule has 0 heterocycles. The molecule has 0 bridgehead atoms. The molecule has 0 spiro atoms. The molecule has 0 aliphatic rings. The molecule has 0 aromatic heterocycles. The van der Waals surface area contributed by atoms with Gasteiger partial charge in [-0.05, 0) is 34.5 Å². The third-order valence-corrected chi connectivity index (χ3v) is 5.01. The molecule has 0 saturated carbocycles. The van der Waals surface area contributed by atoms with Gasteiger partial charge >= 0.3 is 16.1 Å². The zero-order chi connectivity index (χ0) is 20.1. The maximum Gasteiger partial charge on any atom is 0.359 e. The fourth-order valence-electron chi connectivity index (χ4n) is 2.61. The maximum atomic E-state index is 12.2. The number of carbonyl (C=O) groups excluding carboxylic acids is 1. The first kappa shape index (κ1) is 19.4. The molecule has 0 atom stereocenters. The van der Waals surface area contributed by atoms with Gasteiger partial charge in [-0.3, -0.25) is 5.41 Å². The quantitative estimate of drug-likeness (QED) is 0.359. The molecule has 0 radical (unpaired) electrons. The molecule has 0 fully saturated rings. The Morgan fingerprint density at radius 2 is 1.64 bits per heavy atom. The number of benzene rings is 3. The van der Waals surface area contributed by atoms with E-state index in [1.54, 1.807) is 66.7 Å². The number of fused-ring (bicyclic) bond motifs is 1. The second-order valence-corrected chi connectivity index (χ2v) is 7.64. The molecular weight excluding hydrogens is 380 g/mol. The molecule has 3 rings (SSSR count). The number of nitrogen functional groups attached to an aromatic ring is 1. The zero-order valence-electron chi connectivity index (χ0n) is 14.8. The number of nitrogens with two attached hydrogens (primary N) is 1. The molecule has 3 aromatic rings. The minimum atomic E-state index is -4.11. The van der Waals surface area contributed by atoms with E-state index in [9.17, 15) is 13.2 Å². The number of ether oxygens (including phenoxy) is 1. The van der Waals surface area contributed by atoms with Gasteiger partial charge in [-0.2, -0.15) is 8.42 Å². The summed E-state index contributed by atoms with van der Waals surface area (Å²) in [4.78, 5) is 11.8. The van der Waals surface area contributed by atoms with Crippen LogP contribution in [0.1, 0.15) is 11.1 Å². The summed E-state index contributed by atoms with van der Waals surface area (Å²) in [6, 6.07) is 18.8. The summed E-state index contributed by atoms with van der Waals surface area (Å²) in [6.07, 6.45) is 0. The number of hydrogen-bond acceptors (Lipinski definition) is 6. The van der Waals surface area contributed by atoms with Gasteiger partial charge in [-0.1, -0.05) is 48.5 Å². The van der Waals surface area contributed by atoms with Crippen molar-refractivity contribution in [1.82, 2.24) is 0 Å². The van der Waals surface area contributed by atoms with Crippen molar-refractivity contribution in [3.63, 3.8) is 0 Å². The van der Waals surface area contributed by atoms with Crippen LogP contribution >= 0.6 is 0 Å². The first-order valence-corrected chi connectivity index (χ1v) is 9.90. The molecule has 144 valence electrons. The van der Waals surface area contributed by atoms with E-state index in [0.29, 0.717) is 16.9 Å². The number of hydrogen-bond donors (Lipinski definition) is 2. The second kappa shape index (κ2) is 8.10. The average molecular weight is 398 g/mol. The monoisotopic (exact) mass is 398 g/mol. The van der Waals surface area contributed by atoms with Crippen LogP contribution in [-0.2, 0) is 24.8 Å². The summed E-state index contributed by atoms with van der Waals surface area (Å²) >= 11 is 0. The van der Waals surface area contributed by atoms with E-state index in [4.69, 9.17) is 15.9 Å². The van der Waals surface area contributed by atoms with Gasteiger partial charge in [0.15, 0.2) is 6.61 Å². The van der Waals surface area contributed by atoms with Gasteiger partial charge in [0.25, 0.3) is 0 Å². The molecule has 28 heavy (non-hydrogen) atoms. The van der Waals surface area contributed by atoms with Gasteiger partial charge in [0.05, 0.1) is 0 Å².